The SMILES string of the molecule is CC(C)(C)OC(=O)Cc1cc(I)c(Oc2cc(I)c(O)c(I)c2)c(I)c1.CC(C)CBr.O=C(Cc1cc(I)c(Oc2cc(I)c(OCC3CO3)c(I)c2)c(I)c1)OC(=NC1CCCCC1)NC1CCCCC1. The van der Waals surface area contributed by atoms with Crippen LogP contribution in [0.3, 0.4) is 0 Å². The molecule has 2 saturated carbocycles. The van der Waals surface area contributed by atoms with E-state index in [1.54, 1.807) is 12.1 Å². The van der Waals surface area contributed by atoms with E-state index in [9.17, 15) is 14.7 Å². The van der Waals surface area contributed by atoms with Crippen molar-refractivity contribution in [1.82, 2.24) is 5.32 Å². The third-order valence-corrected chi connectivity index (χ3v) is 18.5. The van der Waals surface area contributed by atoms with Gasteiger partial charge in [0, 0.05) is 11.4 Å². The minimum Gasteiger partial charge on any atom is -0.506 e. The van der Waals surface area contributed by atoms with Crippen molar-refractivity contribution in [2.45, 2.75) is 135 Å². The Labute approximate surface area is 542 Å². The van der Waals surface area contributed by atoms with Crippen LogP contribution in [0.1, 0.15) is 110 Å². The third-order valence-electron chi connectivity index (χ3n) is 10.8. The molecule has 1 atom stereocenters. The largest absolute Gasteiger partial charge is 0.506 e. The predicted molar refractivity (Wildman–Crippen MR) is 357 cm³/mol. The van der Waals surface area contributed by atoms with Crippen LogP contribution in [0.4, 0.5) is 0 Å². The van der Waals surface area contributed by atoms with Gasteiger partial charge in [0.2, 0.25) is 0 Å². The standard InChI is InChI=1S/C30H34I4N2O5.C18H16I4O4.C4H9Br/c31-23-11-18(12-24(32)29(23)40-21-14-25(33)28(26(34)15-21)39-17-22-16-38-22)13-27(37)41-30(35-19-7-3-1-4-8-19)36-20-9-5-2-6-10-20;1-18(2,3)26-15(23)6-9-4-13(21)17(14(22)5-9)25-10-7-11(19)16(24)12(20)8-10;1-4(2)3-5/h11-12,14-15,19-20,22H,1-10,13,16-17H2,(H,35,36);4-5,7-8,24H,6H2,1-3H3;4H,3H2,1-2H3. The second kappa shape index (κ2) is 31.5. The minimum absolute atomic E-state index is 0.175. The Morgan fingerprint density at radius 1 is 0.681 bits per heavy atom. The van der Waals surface area contributed by atoms with E-state index < -0.39 is 5.60 Å². The lowest BCUT2D eigenvalue weighted by atomic mass is 9.95. The van der Waals surface area contributed by atoms with Crippen molar-refractivity contribution in [3.05, 3.63) is 88.2 Å². The number of ether oxygens (including phenoxy) is 6. The molecule has 3 fully saturated rings. The van der Waals surface area contributed by atoms with Crippen LogP contribution in [0.5, 0.6) is 34.5 Å². The average molecular weight is 1950 g/mol. The Bertz CT molecular complexity index is 2420. The van der Waals surface area contributed by atoms with Gasteiger partial charge in [-0.25, -0.2) is 4.99 Å². The zero-order valence-electron chi connectivity index (χ0n) is 40.6. The second-order valence-corrected chi connectivity index (χ2v) is 28.8. The summed E-state index contributed by atoms with van der Waals surface area (Å²) >= 11 is 21.0. The van der Waals surface area contributed by atoms with Crippen LogP contribution in [0.25, 0.3) is 0 Å². The van der Waals surface area contributed by atoms with Crippen LogP contribution < -0.4 is 19.5 Å². The van der Waals surface area contributed by atoms with Crippen LogP contribution in [-0.4, -0.2) is 65.4 Å². The number of amidine groups is 1. The Balaban J connectivity index is 0.000000266. The van der Waals surface area contributed by atoms with Gasteiger partial charge in [0.15, 0.2) is 11.5 Å². The number of esters is 2. The van der Waals surface area contributed by atoms with Crippen molar-refractivity contribution in [1.29, 1.82) is 0 Å². The van der Waals surface area contributed by atoms with E-state index in [0.29, 0.717) is 24.4 Å². The highest BCUT2D eigenvalue weighted by atomic mass is 127. The Morgan fingerprint density at radius 3 is 1.53 bits per heavy atom. The van der Waals surface area contributed by atoms with Gasteiger partial charge >= 0.3 is 11.9 Å². The van der Waals surface area contributed by atoms with Gasteiger partial charge in [-0.15, -0.1) is 0 Å². The first-order valence-corrected chi connectivity index (χ1v) is 33.4. The number of halogens is 9. The summed E-state index contributed by atoms with van der Waals surface area (Å²) in [5, 5.41) is 14.5. The van der Waals surface area contributed by atoms with E-state index in [0.717, 1.165) is 106 Å². The molecule has 0 bridgehead atoms. The zero-order chi connectivity index (χ0) is 52.7. The molecular formula is C52H59BrI8N2O9. The monoisotopic (exact) mass is 1950 g/mol. The molecule has 4 aromatic carbocycles. The molecule has 20 heteroatoms. The maximum atomic E-state index is 13.1. The van der Waals surface area contributed by atoms with Crippen molar-refractivity contribution >= 4 is 215 Å². The number of carbonyl (C=O) groups is 2. The summed E-state index contributed by atoms with van der Waals surface area (Å²) in [6.45, 7) is 11.3. The number of aliphatic imine (C=N–C) groups is 1. The minimum atomic E-state index is -0.492. The van der Waals surface area contributed by atoms with Crippen LogP contribution in [-0.2, 0) is 36.6 Å². The van der Waals surface area contributed by atoms with E-state index in [2.05, 4.69) is 216 Å². The number of carbonyl (C=O) groups excluding carboxylic acids is 2. The van der Waals surface area contributed by atoms with Crippen LogP contribution >= 0.6 is 197 Å². The van der Waals surface area contributed by atoms with Gasteiger partial charge in [-0.1, -0.05) is 68.3 Å². The van der Waals surface area contributed by atoms with Crippen molar-refractivity contribution in [3.8, 4) is 34.5 Å². The molecule has 394 valence electrons. The fraction of sp³-hybridized carbons (Fsp3) is 0.481. The molecule has 2 aliphatic carbocycles. The van der Waals surface area contributed by atoms with Crippen LogP contribution in [0.15, 0.2) is 53.5 Å². The summed E-state index contributed by atoms with van der Waals surface area (Å²) in [5.74, 6) is 4.29. The van der Waals surface area contributed by atoms with E-state index in [4.69, 9.17) is 33.4 Å². The fourth-order valence-corrected chi connectivity index (χ4v) is 15.2. The number of aromatic hydroxyl groups is 1. The first kappa shape index (κ1) is 63.6. The fourth-order valence-electron chi connectivity index (χ4n) is 7.28. The maximum absolute atomic E-state index is 13.1. The molecule has 0 amide bonds. The van der Waals surface area contributed by atoms with Crippen molar-refractivity contribution in [2.75, 3.05) is 18.5 Å². The van der Waals surface area contributed by atoms with Crippen molar-refractivity contribution in [2.24, 2.45) is 10.9 Å². The molecule has 7 rings (SSSR count). The van der Waals surface area contributed by atoms with Gasteiger partial charge in [0.1, 0.15) is 41.3 Å². The lowest BCUT2D eigenvalue weighted by Gasteiger charge is -2.25. The maximum Gasteiger partial charge on any atom is 0.318 e. The summed E-state index contributed by atoms with van der Waals surface area (Å²) in [4.78, 5) is 30.0. The van der Waals surface area contributed by atoms with Crippen molar-refractivity contribution < 1.29 is 43.1 Å². The molecule has 1 heterocycles. The average Bonchev–Trinajstić information content (AvgIpc) is 4.13. The van der Waals surface area contributed by atoms with Crippen molar-refractivity contribution in [3.63, 3.8) is 0 Å². The van der Waals surface area contributed by atoms with E-state index in [1.165, 1.54) is 38.5 Å². The van der Waals surface area contributed by atoms with E-state index >= 15 is 0 Å². The molecule has 1 unspecified atom stereocenters. The number of benzene rings is 4. The van der Waals surface area contributed by atoms with Gasteiger partial charge < -0.3 is 38.8 Å². The molecular weight excluding hydrogens is 1890 g/mol. The summed E-state index contributed by atoms with van der Waals surface area (Å²) in [6.07, 6.45) is 12.3. The molecule has 0 spiro atoms. The summed E-state index contributed by atoms with van der Waals surface area (Å²) in [5.41, 5.74) is 1.28. The van der Waals surface area contributed by atoms with E-state index in [-0.39, 0.29) is 42.7 Å². The van der Waals surface area contributed by atoms with Crippen LogP contribution in [0, 0.1) is 34.5 Å². The quantitative estimate of drug-likeness (QED) is 0.0313. The zero-order valence-corrected chi connectivity index (χ0v) is 59.4. The first-order valence-electron chi connectivity index (χ1n) is 23.6. The number of hydrogen-bond acceptors (Lipinski definition) is 10. The number of hydrogen-bond donors (Lipinski definition) is 2. The van der Waals surface area contributed by atoms with Gasteiger partial charge in [-0.05, 0) is 293 Å². The normalized spacial score (nSPS) is 16.2. The molecule has 0 aromatic heterocycles. The Hall–Kier alpha value is 0.770. The number of nitrogens with one attached hydrogen (secondary N) is 1. The number of nitrogens with zero attached hydrogens (tertiary/aromatic N) is 1. The molecule has 72 heavy (non-hydrogen) atoms. The third kappa shape index (κ3) is 22.5. The highest BCUT2D eigenvalue weighted by Crippen LogP contribution is 2.39. The molecule has 3 aliphatic rings. The van der Waals surface area contributed by atoms with Gasteiger partial charge in [0.05, 0.1) is 54.1 Å². The van der Waals surface area contributed by atoms with Gasteiger partial charge in [0.25, 0.3) is 6.02 Å². The first-order chi connectivity index (χ1) is 34.1. The molecule has 1 aliphatic heterocycles. The molecule has 11 nitrogen and oxygen atoms in total. The summed E-state index contributed by atoms with van der Waals surface area (Å²) < 4.78 is 42.0. The predicted octanol–water partition coefficient (Wildman–Crippen LogP) is 16.9. The smallest absolute Gasteiger partial charge is 0.318 e. The summed E-state index contributed by atoms with van der Waals surface area (Å²) in [7, 11) is 0. The van der Waals surface area contributed by atoms with Gasteiger partial charge in [-0.2, -0.15) is 0 Å². The number of phenolic OH excluding ortho intramolecular Hbond substituents is 1. The number of epoxide rings is 1. The van der Waals surface area contributed by atoms with Gasteiger partial charge in [-0.3, -0.25) is 9.59 Å². The molecule has 2 N–H and O–H groups in total. The Morgan fingerprint density at radius 2 is 1.10 bits per heavy atom. The summed E-state index contributed by atoms with van der Waals surface area (Å²) in [6, 6.07) is 16.4. The Kier molecular flexibility index (Phi) is 27.9. The second-order valence-electron chi connectivity index (χ2n) is 18.9. The molecule has 0 radical (unpaired) electrons. The topological polar surface area (TPSA) is 137 Å². The lowest BCUT2D eigenvalue weighted by Crippen LogP contribution is -2.39. The van der Waals surface area contributed by atoms with E-state index in [1.807, 2.05) is 57.2 Å². The lowest BCUT2D eigenvalue weighted by molar-refractivity contribution is -0.154. The highest BCUT2D eigenvalue weighted by Gasteiger charge is 2.26. The molecule has 1 saturated heterocycles. The highest BCUT2D eigenvalue weighted by molar-refractivity contribution is 14.1. The number of rotatable bonds is 14. The number of alkyl halides is 1. The molecule has 4 aromatic rings. The number of phenols is 1. The van der Waals surface area contributed by atoms with Crippen LogP contribution in [0.2, 0.25) is 0 Å².